The summed E-state index contributed by atoms with van der Waals surface area (Å²) in [4.78, 5) is 12.2. The Morgan fingerprint density at radius 2 is 1.75 bits per heavy atom. The highest BCUT2D eigenvalue weighted by molar-refractivity contribution is 7.92. The van der Waals surface area contributed by atoms with E-state index in [9.17, 15) is 13.2 Å². The summed E-state index contributed by atoms with van der Waals surface area (Å²) >= 11 is 11.9. The SMILES string of the molecule is COc1cccc(OCCNC(=O)CN(c2cc(Cl)cc(Cl)c2)S(C)(=O)=O)c1. The Bertz CT molecular complexity index is 917. The van der Waals surface area contributed by atoms with Crippen LogP contribution in [-0.2, 0) is 14.8 Å². The molecule has 0 radical (unpaired) electrons. The Balaban J connectivity index is 1.93. The summed E-state index contributed by atoms with van der Waals surface area (Å²) < 4.78 is 35.7. The summed E-state index contributed by atoms with van der Waals surface area (Å²) in [5.74, 6) is 0.765. The Labute approximate surface area is 174 Å². The second-order valence-electron chi connectivity index (χ2n) is 5.77. The molecule has 1 N–H and O–H groups in total. The third-order valence-electron chi connectivity index (χ3n) is 3.56. The van der Waals surface area contributed by atoms with Gasteiger partial charge in [-0.25, -0.2) is 8.42 Å². The summed E-state index contributed by atoms with van der Waals surface area (Å²) in [6.07, 6.45) is 1.00. The summed E-state index contributed by atoms with van der Waals surface area (Å²) in [5.41, 5.74) is 0.211. The minimum atomic E-state index is -3.72. The number of ether oxygens (including phenoxy) is 2. The molecule has 0 fully saturated rings. The fourth-order valence-electron chi connectivity index (χ4n) is 2.32. The number of hydrogen-bond donors (Lipinski definition) is 1. The average molecular weight is 447 g/mol. The van der Waals surface area contributed by atoms with E-state index in [-0.39, 0.29) is 28.9 Å². The van der Waals surface area contributed by atoms with Crippen LogP contribution in [-0.4, -0.2) is 47.4 Å². The maximum atomic E-state index is 12.2. The number of carbonyl (C=O) groups is 1. The van der Waals surface area contributed by atoms with Gasteiger partial charge in [0.25, 0.3) is 0 Å². The minimum absolute atomic E-state index is 0.198. The van der Waals surface area contributed by atoms with Gasteiger partial charge >= 0.3 is 0 Å². The molecule has 0 aliphatic rings. The van der Waals surface area contributed by atoms with E-state index in [4.69, 9.17) is 32.7 Å². The molecule has 10 heteroatoms. The van der Waals surface area contributed by atoms with Gasteiger partial charge in [0.05, 0.1) is 25.6 Å². The van der Waals surface area contributed by atoms with E-state index in [0.29, 0.717) is 11.5 Å². The fraction of sp³-hybridized carbons (Fsp3) is 0.278. The number of sulfonamides is 1. The van der Waals surface area contributed by atoms with Crippen LogP contribution in [0.1, 0.15) is 0 Å². The van der Waals surface area contributed by atoms with Gasteiger partial charge in [-0.15, -0.1) is 0 Å². The molecule has 2 rings (SSSR count). The van der Waals surface area contributed by atoms with E-state index in [0.717, 1.165) is 10.6 Å². The largest absolute Gasteiger partial charge is 0.497 e. The minimum Gasteiger partial charge on any atom is -0.497 e. The third-order valence-corrected chi connectivity index (χ3v) is 5.13. The van der Waals surface area contributed by atoms with Crippen LogP contribution in [0.4, 0.5) is 5.69 Å². The van der Waals surface area contributed by atoms with E-state index >= 15 is 0 Å². The lowest BCUT2D eigenvalue weighted by atomic mass is 10.3. The zero-order valence-electron chi connectivity index (χ0n) is 15.3. The highest BCUT2D eigenvalue weighted by Crippen LogP contribution is 2.26. The second-order valence-corrected chi connectivity index (χ2v) is 8.55. The third kappa shape index (κ3) is 6.78. The van der Waals surface area contributed by atoms with Crippen molar-refractivity contribution in [3.8, 4) is 11.5 Å². The monoisotopic (exact) mass is 446 g/mol. The van der Waals surface area contributed by atoms with E-state index in [1.54, 1.807) is 31.4 Å². The predicted octanol–water partition coefficient (Wildman–Crippen LogP) is 2.96. The molecule has 28 heavy (non-hydrogen) atoms. The molecule has 0 unspecified atom stereocenters. The topological polar surface area (TPSA) is 84.9 Å². The molecule has 0 bridgehead atoms. The lowest BCUT2D eigenvalue weighted by molar-refractivity contribution is -0.119. The quantitative estimate of drug-likeness (QED) is 0.598. The fourth-order valence-corrected chi connectivity index (χ4v) is 3.67. The Morgan fingerprint density at radius 3 is 2.36 bits per heavy atom. The average Bonchev–Trinajstić information content (AvgIpc) is 2.61. The lowest BCUT2D eigenvalue weighted by Crippen LogP contribution is -2.41. The van der Waals surface area contributed by atoms with E-state index in [2.05, 4.69) is 5.32 Å². The summed E-state index contributed by atoms with van der Waals surface area (Å²) in [6, 6.07) is 11.4. The van der Waals surface area contributed by atoms with Crippen molar-refractivity contribution >= 4 is 44.8 Å². The normalized spacial score (nSPS) is 11.0. The Hall–Kier alpha value is -2.16. The van der Waals surface area contributed by atoms with Crippen molar-refractivity contribution < 1.29 is 22.7 Å². The van der Waals surface area contributed by atoms with Crippen LogP contribution in [0.2, 0.25) is 10.0 Å². The molecule has 0 aromatic heterocycles. The van der Waals surface area contributed by atoms with Gasteiger partial charge in [0.1, 0.15) is 24.7 Å². The van der Waals surface area contributed by atoms with Crippen LogP contribution < -0.4 is 19.1 Å². The van der Waals surface area contributed by atoms with E-state index < -0.39 is 22.5 Å². The van der Waals surface area contributed by atoms with Crippen LogP contribution in [0.25, 0.3) is 0 Å². The Morgan fingerprint density at radius 1 is 1.11 bits per heavy atom. The number of benzene rings is 2. The Kier molecular flexibility index (Phi) is 7.79. The van der Waals surface area contributed by atoms with Crippen molar-refractivity contribution in [2.75, 3.05) is 37.4 Å². The van der Waals surface area contributed by atoms with Crippen LogP contribution in [0.15, 0.2) is 42.5 Å². The number of nitrogens with zero attached hydrogens (tertiary/aromatic N) is 1. The molecule has 0 aliphatic carbocycles. The van der Waals surface area contributed by atoms with Gasteiger partial charge in [-0.2, -0.15) is 0 Å². The first kappa shape index (κ1) is 22.1. The number of hydrogen-bond acceptors (Lipinski definition) is 5. The number of rotatable bonds is 9. The van der Waals surface area contributed by atoms with Gasteiger partial charge in [-0.3, -0.25) is 9.10 Å². The highest BCUT2D eigenvalue weighted by Gasteiger charge is 2.21. The van der Waals surface area contributed by atoms with Gasteiger partial charge in [-0.05, 0) is 30.3 Å². The highest BCUT2D eigenvalue weighted by atomic mass is 35.5. The van der Waals surface area contributed by atoms with Crippen molar-refractivity contribution in [3.05, 3.63) is 52.5 Å². The van der Waals surface area contributed by atoms with Gasteiger partial charge in [-0.1, -0.05) is 29.3 Å². The molecule has 152 valence electrons. The molecule has 0 aliphatic heterocycles. The standard InChI is InChI=1S/C18H20Cl2N2O5S/c1-26-16-4-3-5-17(11-16)27-7-6-21-18(23)12-22(28(2,24)25)15-9-13(19)8-14(20)10-15/h3-5,8-11H,6-7,12H2,1-2H3,(H,21,23). The van der Waals surface area contributed by atoms with Crippen molar-refractivity contribution in [2.45, 2.75) is 0 Å². The molecule has 0 saturated heterocycles. The van der Waals surface area contributed by atoms with Gasteiger partial charge in [0.2, 0.25) is 15.9 Å². The van der Waals surface area contributed by atoms with Crippen LogP contribution in [0.3, 0.4) is 0 Å². The summed E-state index contributed by atoms with van der Waals surface area (Å²) in [6.45, 7) is -0.000608. The molecular formula is C18H20Cl2N2O5S. The first-order valence-electron chi connectivity index (χ1n) is 8.16. The number of halogens is 2. The maximum absolute atomic E-state index is 12.2. The van der Waals surface area contributed by atoms with E-state index in [1.807, 2.05) is 0 Å². The first-order valence-corrected chi connectivity index (χ1v) is 10.8. The molecule has 2 aromatic rings. The summed E-state index contributed by atoms with van der Waals surface area (Å²) in [7, 11) is -2.16. The maximum Gasteiger partial charge on any atom is 0.240 e. The number of nitrogens with one attached hydrogen (secondary N) is 1. The summed E-state index contributed by atoms with van der Waals surface area (Å²) in [5, 5.41) is 3.15. The zero-order chi connectivity index (χ0) is 20.7. The second kappa shape index (κ2) is 9.86. The first-order chi connectivity index (χ1) is 13.2. The van der Waals surface area contributed by atoms with Crippen molar-refractivity contribution in [3.63, 3.8) is 0 Å². The smallest absolute Gasteiger partial charge is 0.240 e. The molecule has 2 aromatic carbocycles. The number of anilines is 1. The molecule has 7 nitrogen and oxygen atoms in total. The predicted molar refractivity (Wildman–Crippen MR) is 110 cm³/mol. The van der Waals surface area contributed by atoms with Crippen molar-refractivity contribution in [1.82, 2.24) is 5.32 Å². The van der Waals surface area contributed by atoms with E-state index in [1.165, 1.54) is 18.2 Å². The molecule has 1 amide bonds. The molecule has 0 spiro atoms. The van der Waals surface area contributed by atoms with Crippen LogP contribution in [0.5, 0.6) is 11.5 Å². The lowest BCUT2D eigenvalue weighted by Gasteiger charge is -2.22. The van der Waals surface area contributed by atoms with Gasteiger partial charge in [0, 0.05) is 16.1 Å². The number of amides is 1. The molecular weight excluding hydrogens is 427 g/mol. The van der Waals surface area contributed by atoms with Crippen LogP contribution >= 0.6 is 23.2 Å². The van der Waals surface area contributed by atoms with Crippen LogP contribution in [0, 0.1) is 0 Å². The molecule has 0 saturated carbocycles. The zero-order valence-corrected chi connectivity index (χ0v) is 17.6. The van der Waals surface area contributed by atoms with Crippen molar-refractivity contribution in [1.29, 1.82) is 0 Å². The number of carbonyl (C=O) groups excluding carboxylic acids is 1. The van der Waals surface area contributed by atoms with Crippen molar-refractivity contribution in [2.24, 2.45) is 0 Å². The molecule has 0 atom stereocenters. The number of methoxy groups -OCH3 is 1. The van der Waals surface area contributed by atoms with Gasteiger partial charge < -0.3 is 14.8 Å². The van der Waals surface area contributed by atoms with Gasteiger partial charge in [0.15, 0.2) is 0 Å². The molecule has 0 heterocycles.